The number of urea groups is 1. The Labute approximate surface area is 317 Å². The highest BCUT2D eigenvalue weighted by Crippen LogP contribution is 2.25. The molecule has 54 heavy (non-hydrogen) atoms. The molecule has 5 rings (SSSR count). The topological polar surface area (TPSA) is 185 Å². The lowest BCUT2D eigenvalue weighted by Gasteiger charge is -2.27. The zero-order valence-electron chi connectivity index (χ0n) is 32.0. The van der Waals surface area contributed by atoms with Crippen LogP contribution in [0, 0.1) is 0 Å². The van der Waals surface area contributed by atoms with Gasteiger partial charge in [0.1, 0.15) is 49.6 Å². The first-order chi connectivity index (χ1) is 26.0. The number of H-pyrrole nitrogens is 1. The van der Waals surface area contributed by atoms with E-state index in [0.29, 0.717) is 83.9 Å². The molecule has 2 fully saturated rings. The maximum Gasteiger partial charge on any atom is 0.317 e. The van der Waals surface area contributed by atoms with Crippen LogP contribution in [0.4, 0.5) is 4.79 Å². The lowest BCUT2D eigenvalue weighted by Crippen LogP contribution is -2.47. The number of carbonyl (C=O) groups is 2. The largest absolute Gasteiger partial charge is 0.491 e. The summed E-state index contributed by atoms with van der Waals surface area (Å²) in [6.45, 7) is 13.1. The van der Waals surface area contributed by atoms with Gasteiger partial charge < -0.3 is 64.5 Å². The van der Waals surface area contributed by atoms with E-state index in [9.17, 15) is 19.8 Å². The van der Waals surface area contributed by atoms with Crippen LogP contribution in [0.5, 0.6) is 11.5 Å². The van der Waals surface area contributed by atoms with Gasteiger partial charge >= 0.3 is 12.0 Å². The highest BCUT2D eigenvalue weighted by atomic mass is 16.7. The number of aromatic amines is 1. The van der Waals surface area contributed by atoms with Crippen LogP contribution in [0.2, 0.25) is 0 Å². The van der Waals surface area contributed by atoms with Gasteiger partial charge in [-0.3, -0.25) is 4.79 Å². The first kappa shape index (κ1) is 42.8. The van der Waals surface area contributed by atoms with Crippen molar-refractivity contribution >= 4 is 22.9 Å². The standard InChI is InChI=1S/C25H39N3O8.C14H20N2O2/c1-25(2)35-18-22(36-25)17-34-23(30)8-5-19-3-6-21(7-4-19)33-16-20(29)15-26-9-10-27-24(31)28-11-13-32-14-12-28;1-10(2)16-8-11(17)9-18-14-5-3-4-13-12(14)6-7-15-13/h3-4,6-7,20,22,26,29H,5,8-18H2,1-2H3,(H,27,31);3-7,10-11,15-17H,8-9H2,1-2H3/t20-,22+;/m0./s1. The Kier molecular flexibility index (Phi) is 17.8. The first-order valence-corrected chi connectivity index (χ1v) is 18.8. The molecule has 0 bridgehead atoms. The van der Waals surface area contributed by atoms with Crippen molar-refractivity contribution in [1.29, 1.82) is 0 Å². The van der Waals surface area contributed by atoms with E-state index in [1.807, 2.05) is 82.4 Å². The zero-order valence-corrected chi connectivity index (χ0v) is 32.0. The van der Waals surface area contributed by atoms with Gasteiger partial charge in [0.2, 0.25) is 0 Å². The van der Waals surface area contributed by atoms with Crippen molar-refractivity contribution in [3.8, 4) is 11.5 Å². The number of carbonyl (C=O) groups excluding carboxylic acids is 2. The summed E-state index contributed by atoms with van der Waals surface area (Å²) in [5.74, 6) is 0.534. The van der Waals surface area contributed by atoms with Crippen LogP contribution in [0.15, 0.2) is 54.7 Å². The SMILES string of the molecule is CC(C)NCC(O)COc1cccc2[nH]ccc12.CC1(C)OC[C@@H](COC(=O)CCc2ccc(OC[C@@H](O)CNCCNC(=O)N3CCOCC3)cc2)O1. The number of fused-ring (bicyclic) bond motifs is 1. The molecule has 0 radical (unpaired) electrons. The predicted molar refractivity (Wildman–Crippen MR) is 204 cm³/mol. The summed E-state index contributed by atoms with van der Waals surface area (Å²) in [5.41, 5.74) is 2.03. The number of benzene rings is 2. The third kappa shape index (κ3) is 15.8. The van der Waals surface area contributed by atoms with Crippen LogP contribution >= 0.6 is 0 Å². The first-order valence-electron chi connectivity index (χ1n) is 18.8. The molecule has 2 aromatic carbocycles. The highest BCUT2D eigenvalue weighted by Gasteiger charge is 2.33. The third-order valence-electron chi connectivity index (χ3n) is 8.49. The van der Waals surface area contributed by atoms with Crippen LogP contribution in [-0.4, -0.2) is 141 Å². The number of aliphatic hydroxyl groups excluding tert-OH is 2. The number of aliphatic hydroxyl groups is 2. The normalized spacial score (nSPS) is 17.8. The van der Waals surface area contributed by atoms with Crippen LogP contribution in [-0.2, 0) is 30.2 Å². The van der Waals surface area contributed by atoms with E-state index in [4.69, 9.17) is 28.4 Å². The van der Waals surface area contributed by atoms with Crippen LogP contribution < -0.4 is 25.4 Å². The minimum absolute atomic E-state index is 0.0952. The Bertz CT molecular complexity index is 1530. The number of hydrogen-bond donors (Lipinski definition) is 6. The molecule has 3 heterocycles. The van der Waals surface area contributed by atoms with Crippen molar-refractivity contribution in [3.05, 3.63) is 60.3 Å². The average Bonchev–Trinajstić information content (AvgIpc) is 3.80. The number of aryl methyl sites for hydroxylation is 1. The zero-order chi connectivity index (χ0) is 38.8. The molecule has 2 saturated heterocycles. The second kappa shape index (κ2) is 22.4. The van der Waals surface area contributed by atoms with Crippen molar-refractivity contribution in [2.75, 3.05) is 78.9 Å². The Morgan fingerprint density at radius 2 is 1.72 bits per heavy atom. The minimum Gasteiger partial charge on any atom is -0.491 e. The number of esters is 1. The predicted octanol–water partition coefficient (Wildman–Crippen LogP) is 2.59. The van der Waals surface area contributed by atoms with E-state index >= 15 is 0 Å². The van der Waals surface area contributed by atoms with E-state index in [2.05, 4.69) is 20.9 Å². The molecule has 0 spiro atoms. The summed E-state index contributed by atoms with van der Waals surface area (Å²) in [5, 5.41) is 30.1. The van der Waals surface area contributed by atoms with E-state index < -0.39 is 18.0 Å². The monoisotopic (exact) mass is 757 g/mol. The van der Waals surface area contributed by atoms with Gasteiger partial charge in [-0.15, -0.1) is 0 Å². The Hall–Kier alpha value is -3.96. The molecule has 1 aromatic heterocycles. The van der Waals surface area contributed by atoms with E-state index in [1.54, 1.807) is 4.90 Å². The number of nitrogens with one attached hydrogen (secondary N) is 4. The summed E-state index contributed by atoms with van der Waals surface area (Å²) in [6.07, 6.45) is 1.30. The molecule has 3 atom stereocenters. The second-order valence-electron chi connectivity index (χ2n) is 14.0. The highest BCUT2D eigenvalue weighted by molar-refractivity contribution is 5.85. The minimum atomic E-state index is -0.686. The van der Waals surface area contributed by atoms with Crippen molar-refractivity contribution in [1.82, 2.24) is 25.8 Å². The van der Waals surface area contributed by atoms with Gasteiger partial charge in [-0.2, -0.15) is 0 Å². The maximum absolute atomic E-state index is 12.0. The van der Waals surface area contributed by atoms with E-state index in [0.717, 1.165) is 22.2 Å². The molecule has 300 valence electrons. The Balaban J connectivity index is 0.000000301. The number of nitrogens with zero attached hydrogens (tertiary/aromatic N) is 1. The van der Waals surface area contributed by atoms with Gasteiger partial charge in [0.05, 0.1) is 19.8 Å². The molecule has 15 nitrogen and oxygen atoms in total. The molecular formula is C39H59N5O10. The fraction of sp³-hybridized carbons (Fsp3) is 0.590. The molecule has 1 unspecified atom stereocenters. The van der Waals surface area contributed by atoms with Gasteiger partial charge in [0, 0.05) is 68.8 Å². The number of morpholine rings is 1. The lowest BCUT2D eigenvalue weighted by molar-refractivity contribution is -0.158. The van der Waals surface area contributed by atoms with Gasteiger partial charge in [-0.1, -0.05) is 32.0 Å². The summed E-state index contributed by atoms with van der Waals surface area (Å²) >= 11 is 0. The van der Waals surface area contributed by atoms with Gasteiger partial charge in [0.15, 0.2) is 5.79 Å². The van der Waals surface area contributed by atoms with Gasteiger partial charge in [-0.25, -0.2) is 4.79 Å². The number of rotatable bonds is 19. The quantitative estimate of drug-likeness (QED) is 0.0778. The van der Waals surface area contributed by atoms with E-state index in [1.165, 1.54) is 0 Å². The fourth-order valence-electron chi connectivity index (χ4n) is 5.56. The second-order valence-corrected chi connectivity index (χ2v) is 14.0. The van der Waals surface area contributed by atoms with Crippen LogP contribution in [0.25, 0.3) is 10.9 Å². The molecule has 0 aliphatic carbocycles. The number of ether oxygens (including phenoxy) is 6. The van der Waals surface area contributed by atoms with E-state index in [-0.39, 0.29) is 37.7 Å². The maximum atomic E-state index is 12.0. The molecule has 6 N–H and O–H groups in total. The number of aromatic nitrogens is 1. The average molecular weight is 758 g/mol. The Morgan fingerprint density at radius 3 is 2.44 bits per heavy atom. The summed E-state index contributed by atoms with van der Waals surface area (Å²) in [4.78, 5) is 28.9. The number of hydrogen-bond acceptors (Lipinski definition) is 12. The molecule has 15 heteroatoms. The molecule has 0 saturated carbocycles. The van der Waals surface area contributed by atoms with Crippen LogP contribution in [0.3, 0.4) is 0 Å². The van der Waals surface area contributed by atoms with Crippen molar-refractivity contribution in [2.45, 2.75) is 70.7 Å². The summed E-state index contributed by atoms with van der Waals surface area (Å²) in [7, 11) is 0. The molecule has 2 amide bonds. The number of amides is 2. The van der Waals surface area contributed by atoms with Gasteiger partial charge in [0.25, 0.3) is 0 Å². The smallest absolute Gasteiger partial charge is 0.317 e. The third-order valence-corrected chi connectivity index (χ3v) is 8.49. The lowest BCUT2D eigenvalue weighted by atomic mass is 10.1. The fourth-order valence-corrected chi connectivity index (χ4v) is 5.56. The summed E-state index contributed by atoms with van der Waals surface area (Å²) < 4.78 is 32.9. The van der Waals surface area contributed by atoms with Crippen molar-refractivity contribution in [2.24, 2.45) is 0 Å². The molecule has 3 aromatic rings. The summed E-state index contributed by atoms with van der Waals surface area (Å²) in [6, 6.07) is 15.5. The molecule has 2 aliphatic heterocycles. The van der Waals surface area contributed by atoms with Crippen molar-refractivity contribution < 1.29 is 48.2 Å². The molecule has 2 aliphatic rings. The van der Waals surface area contributed by atoms with Gasteiger partial charge in [-0.05, 0) is 56.2 Å². The van der Waals surface area contributed by atoms with Crippen molar-refractivity contribution in [3.63, 3.8) is 0 Å². The Morgan fingerprint density at radius 1 is 0.981 bits per heavy atom. The van der Waals surface area contributed by atoms with Crippen LogP contribution in [0.1, 0.15) is 39.7 Å². The molecular weight excluding hydrogens is 698 g/mol.